The smallest absolute Gasteiger partial charge is 0.272 e. The zero-order valence-electron chi connectivity index (χ0n) is 15.0. The highest BCUT2D eigenvalue weighted by Gasteiger charge is 2.25. The Hall–Kier alpha value is -3.09. The SMILES string of the molecule is O=C(c1ccccn1)N1CCCC(CCc2noc(-c3ccncc3)n2)C1. The topological polar surface area (TPSA) is 85.0 Å². The minimum atomic E-state index is 0.0137. The van der Waals surface area contributed by atoms with Crippen molar-refractivity contribution in [1.29, 1.82) is 0 Å². The van der Waals surface area contributed by atoms with Gasteiger partial charge in [0, 0.05) is 43.7 Å². The van der Waals surface area contributed by atoms with E-state index in [2.05, 4.69) is 20.1 Å². The highest BCUT2D eigenvalue weighted by molar-refractivity contribution is 5.92. The number of piperidine rings is 1. The molecule has 3 aromatic rings. The number of hydrogen-bond donors (Lipinski definition) is 0. The van der Waals surface area contributed by atoms with Crippen LogP contribution in [0.1, 0.15) is 35.6 Å². The molecule has 0 saturated carbocycles. The Morgan fingerprint density at radius 1 is 1.19 bits per heavy atom. The molecule has 3 aromatic heterocycles. The monoisotopic (exact) mass is 363 g/mol. The lowest BCUT2D eigenvalue weighted by Crippen LogP contribution is -2.40. The number of rotatable bonds is 5. The second-order valence-corrected chi connectivity index (χ2v) is 6.76. The van der Waals surface area contributed by atoms with Crippen molar-refractivity contribution in [3.8, 4) is 11.5 Å². The van der Waals surface area contributed by atoms with E-state index in [0.29, 0.717) is 23.3 Å². The molecule has 0 bridgehead atoms. The predicted molar refractivity (Wildman–Crippen MR) is 98.7 cm³/mol. The van der Waals surface area contributed by atoms with Crippen molar-refractivity contribution in [1.82, 2.24) is 25.0 Å². The lowest BCUT2D eigenvalue weighted by molar-refractivity contribution is 0.0662. The predicted octanol–water partition coefficient (Wildman–Crippen LogP) is 3.01. The molecule has 7 heteroatoms. The largest absolute Gasteiger partial charge is 0.337 e. The number of aryl methyl sites for hydroxylation is 1. The quantitative estimate of drug-likeness (QED) is 0.693. The number of aromatic nitrogens is 4. The fraction of sp³-hybridized carbons (Fsp3) is 0.350. The Bertz CT molecular complexity index is 882. The van der Waals surface area contributed by atoms with Crippen molar-refractivity contribution in [3.63, 3.8) is 0 Å². The molecule has 27 heavy (non-hydrogen) atoms. The Morgan fingerprint density at radius 3 is 2.89 bits per heavy atom. The van der Waals surface area contributed by atoms with E-state index in [1.807, 2.05) is 29.2 Å². The third-order valence-electron chi connectivity index (χ3n) is 4.86. The molecule has 138 valence electrons. The van der Waals surface area contributed by atoms with Crippen LogP contribution in [0.15, 0.2) is 53.4 Å². The third kappa shape index (κ3) is 4.19. The highest BCUT2D eigenvalue weighted by Crippen LogP contribution is 2.23. The second-order valence-electron chi connectivity index (χ2n) is 6.76. The minimum Gasteiger partial charge on any atom is -0.337 e. The summed E-state index contributed by atoms with van der Waals surface area (Å²) < 4.78 is 5.35. The summed E-state index contributed by atoms with van der Waals surface area (Å²) in [6.07, 6.45) is 8.86. The van der Waals surface area contributed by atoms with Crippen molar-refractivity contribution < 1.29 is 9.32 Å². The molecular weight excluding hydrogens is 342 g/mol. The van der Waals surface area contributed by atoms with Gasteiger partial charge in [0.2, 0.25) is 0 Å². The first-order valence-corrected chi connectivity index (χ1v) is 9.23. The molecule has 1 unspecified atom stereocenters. The Kier molecular flexibility index (Phi) is 5.18. The van der Waals surface area contributed by atoms with Crippen LogP contribution in [-0.4, -0.2) is 44.0 Å². The van der Waals surface area contributed by atoms with Gasteiger partial charge in [-0.2, -0.15) is 4.98 Å². The van der Waals surface area contributed by atoms with E-state index < -0.39 is 0 Å². The number of carbonyl (C=O) groups is 1. The average Bonchev–Trinajstić information content (AvgIpc) is 3.22. The number of pyridine rings is 2. The standard InChI is InChI=1S/C20H21N5O2/c26-20(17-5-1-2-10-22-17)25-13-3-4-15(14-25)6-7-18-23-19(27-24-18)16-8-11-21-12-9-16/h1-2,5,8-12,15H,3-4,6-7,13-14H2. The molecule has 1 saturated heterocycles. The van der Waals surface area contributed by atoms with E-state index in [4.69, 9.17) is 4.52 Å². The maximum atomic E-state index is 12.6. The minimum absolute atomic E-state index is 0.0137. The molecule has 4 heterocycles. The van der Waals surface area contributed by atoms with Gasteiger partial charge in [-0.25, -0.2) is 0 Å². The van der Waals surface area contributed by atoms with Crippen LogP contribution in [0.2, 0.25) is 0 Å². The van der Waals surface area contributed by atoms with Crippen molar-refractivity contribution in [2.45, 2.75) is 25.7 Å². The second kappa shape index (κ2) is 8.07. The van der Waals surface area contributed by atoms with Crippen LogP contribution in [0.4, 0.5) is 0 Å². The summed E-state index contributed by atoms with van der Waals surface area (Å²) in [6.45, 7) is 1.55. The van der Waals surface area contributed by atoms with Crippen LogP contribution in [0.5, 0.6) is 0 Å². The molecule has 0 aromatic carbocycles. The summed E-state index contributed by atoms with van der Waals surface area (Å²) in [5.74, 6) is 1.67. The normalized spacial score (nSPS) is 17.0. The van der Waals surface area contributed by atoms with Gasteiger partial charge in [0.25, 0.3) is 11.8 Å². The average molecular weight is 363 g/mol. The van der Waals surface area contributed by atoms with E-state index in [-0.39, 0.29) is 5.91 Å². The van der Waals surface area contributed by atoms with Gasteiger partial charge in [-0.05, 0) is 49.4 Å². The van der Waals surface area contributed by atoms with Crippen molar-refractivity contribution >= 4 is 5.91 Å². The fourth-order valence-corrected chi connectivity index (χ4v) is 3.44. The first-order valence-electron chi connectivity index (χ1n) is 9.23. The maximum absolute atomic E-state index is 12.6. The summed E-state index contributed by atoms with van der Waals surface area (Å²) in [7, 11) is 0. The number of amides is 1. The van der Waals surface area contributed by atoms with E-state index in [9.17, 15) is 4.79 Å². The summed E-state index contributed by atoms with van der Waals surface area (Å²) in [4.78, 5) is 27.1. The third-order valence-corrected chi connectivity index (χ3v) is 4.86. The molecule has 1 aliphatic heterocycles. The van der Waals surface area contributed by atoms with E-state index >= 15 is 0 Å². The van der Waals surface area contributed by atoms with E-state index in [0.717, 1.165) is 44.3 Å². The first kappa shape index (κ1) is 17.3. The van der Waals surface area contributed by atoms with E-state index in [1.54, 1.807) is 24.7 Å². The van der Waals surface area contributed by atoms with Crippen LogP contribution < -0.4 is 0 Å². The summed E-state index contributed by atoms with van der Waals surface area (Å²) in [5.41, 5.74) is 1.38. The number of hydrogen-bond acceptors (Lipinski definition) is 6. The van der Waals surface area contributed by atoms with Crippen LogP contribution in [0, 0.1) is 5.92 Å². The Labute approximate surface area is 157 Å². The summed E-state index contributed by atoms with van der Waals surface area (Å²) >= 11 is 0. The van der Waals surface area contributed by atoms with Crippen molar-refractivity contribution in [2.24, 2.45) is 5.92 Å². The molecule has 4 rings (SSSR count). The van der Waals surface area contributed by atoms with Crippen molar-refractivity contribution in [2.75, 3.05) is 13.1 Å². The molecule has 1 atom stereocenters. The van der Waals surface area contributed by atoms with Gasteiger partial charge in [0.15, 0.2) is 5.82 Å². The number of likely N-dealkylation sites (tertiary alicyclic amines) is 1. The molecule has 0 spiro atoms. The molecule has 0 radical (unpaired) electrons. The van der Waals surface area contributed by atoms with Gasteiger partial charge in [0.1, 0.15) is 5.69 Å². The Balaban J connectivity index is 1.34. The van der Waals surface area contributed by atoms with Gasteiger partial charge < -0.3 is 9.42 Å². The lowest BCUT2D eigenvalue weighted by Gasteiger charge is -2.32. The zero-order chi connectivity index (χ0) is 18.5. The Morgan fingerprint density at radius 2 is 2.07 bits per heavy atom. The number of carbonyl (C=O) groups excluding carboxylic acids is 1. The van der Waals surface area contributed by atoms with Crippen LogP contribution in [0.3, 0.4) is 0 Å². The van der Waals surface area contributed by atoms with Gasteiger partial charge in [-0.1, -0.05) is 11.2 Å². The number of nitrogens with zero attached hydrogens (tertiary/aromatic N) is 5. The van der Waals surface area contributed by atoms with Gasteiger partial charge in [-0.15, -0.1) is 0 Å². The molecule has 1 fully saturated rings. The van der Waals surface area contributed by atoms with Crippen LogP contribution in [-0.2, 0) is 6.42 Å². The molecule has 7 nitrogen and oxygen atoms in total. The zero-order valence-corrected chi connectivity index (χ0v) is 15.0. The van der Waals surface area contributed by atoms with Gasteiger partial charge in [-0.3, -0.25) is 14.8 Å². The van der Waals surface area contributed by atoms with Crippen LogP contribution in [0.25, 0.3) is 11.5 Å². The highest BCUT2D eigenvalue weighted by atomic mass is 16.5. The van der Waals surface area contributed by atoms with E-state index in [1.165, 1.54) is 0 Å². The summed E-state index contributed by atoms with van der Waals surface area (Å²) in [5, 5.41) is 4.08. The molecule has 0 N–H and O–H groups in total. The summed E-state index contributed by atoms with van der Waals surface area (Å²) in [6, 6.07) is 9.13. The maximum Gasteiger partial charge on any atom is 0.272 e. The molecule has 1 amide bonds. The molecule has 0 aliphatic carbocycles. The van der Waals surface area contributed by atoms with Gasteiger partial charge >= 0.3 is 0 Å². The van der Waals surface area contributed by atoms with Gasteiger partial charge in [0.05, 0.1) is 0 Å². The molecular formula is C20H21N5O2. The van der Waals surface area contributed by atoms with Crippen LogP contribution >= 0.6 is 0 Å². The molecule has 1 aliphatic rings. The first-order chi connectivity index (χ1) is 13.3. The fourth-order valence-electron chi connectivity index (χ4n) is 3.44. The lowest BCUT2D eigenvalue weighted by atomic mass is 9.93. The van der Waals surface area contributed by atoms with Crippen molar-refractivity contribution in [3.05, 3.63) is 60.4 Å².